The fraction of sp³-hybridized carbons (Fsp3) is 0.485. The van der Waals surface area contributed by atoms with E-state index in [1.807, 2.05) is 66.7 Å². The Morgan fingerprint density at radius 2 is 1.64 bits per heavy atom. The van der Waals surface area contributed by atoms with Crippen molar-refractivity contribution in [3.8, 4) is 0 Å². The summed E-state index contributed by atoms with van der Waals surface area (Å²) in [6, 6.07) is 16.9. The van der Waals surface area contributed by atoms with E-state index in [0.717, 1.165) is 35.3 Å². The van der Waals surface area contributed by atoms with Crippen LogP contribution in [0.25, 0.3) is 10.8 Å². The molecule has 0 bridgehead atoms. The third-order valence-corrected chi connectivity index (χ3v) is 9.22. The molecule has 42 heavy (non-hydrogen) atoms. The van der Waals surface area contributed by atoms with Gasteiger partial charge in [0.05, 0.1) is 0 Å². The molecule has 2 aliphatic rings. The second-order valence-electron chi connectivity index (χ2n) is 11.2. The molecule has 2 aromatic carbocycles. The molecule has 1 aliphatic heterocycles. The monoisotopic (exact) mass is 609 g/mol. The van der Waals surface area contributed by atoms with E-state index in [-0.39, 0.29) is 11.8 Å². The fourth-order valence-electron chi connectivity index (χ4n) is 5.98. The first-order valence-corrected chi connectivity index (χ1v) is 16.6. The molecule has 2 fully saturated rings. The number of nitrogens with one attached hydrogen (secondary N) is 2. The van der Waals surface area contributed by atoms with E-state index in [4.69, 9.17) is 11.6 Å². The van der Waals surface area contributed by atoms with E-state index in [2.05, 4.69) is 26.8 Å². The molecule has 2 heterocycles. The van der Waals surface area contributed by atoms with E-state index in [9.17, 15) is 9.59 Å². The number of hydrogen-bond acceptors (Lipinski definition) is 6. The molecule has 226 valence electrons. The van der Waals surface area contributed by atoms with Crippen molar-refractivity contribution in [2.75, 3.05) is 39.5 Å². The Kier molecular flexibility index (Phi) is 12.5. The van der Waals surface area contributed by atoms with Crippen molar-refractivity contribution < 1.29 is 9.59 Å². The number of carbonyl (C=O) groups excluding carboxylic acids is 2. The van der Waals surface area contributed by atoms with Crippen LogP contribution in [0.4, 0.5) is 0 Å². The largest absolute Gasteiger partial charge is 0.339 e. The van der Waals surface area contributed by atoms with Gasteiger partial charge in [-0.2, -0.15) is 0 Å². The molecular weight excluding hydrogens is 566 g/mol. The second-order valence-corrected chi connectivity index (χ2v) is 12.4. The second kappa shape index (κ2) is 16.3. The lowest BCUT2D eigenvalue weighted by Crippen LogP contribution is -2.57. The summed E-state index contributed by atoms with van der Waals surface area (Å²) < 4.78 is 2.85. The Morgan fingerprint density at radius 3 is 2.29 bits per heavy atom. The lowest BCUT2D eigenvalue weighted by molar-refractivity contribution is -0.135. The van der Waals surface area contributed by atoms with Crippen molar-refractivity contribution in [1.82, 2.24) is 24.8 Å². The first-order valence-electron chi connectivity index (χ1n) is 15.0. The number of amides is 2. The summed E-state index contributed by atoms with van der Waals surface area (Å²) in [5.74, 6) is 0.379. The molecule has 9 heteroatoms. The molecule has 7 nitrogen and oxygen atoms in total. The summed E-state index contributed by atoms with van der Waals surface area (Å²) in [4.78, 5) is 35.9. The zero-order valence-electron chi connectivity index (χ0n) is 25.0. The molecule has 0 spiro atoms. The number of piperazine rings is 1. The molecule has 1 aliphatic carbocycles. The Balaban J connectivity index is 0.000000952. The smallest absolute Gasteiger partial charge is 0.270 e. The third-order valence-electron chi connectivity index (χ3n) is 8.56. The van der Waals surface area contributed by atoms with Gasteiger partial charge in [-0.25, -0.2) is 0 Å². The zero-order valence-corrected chi connectivity index (χ0v) is 26.6. The van der Waals surface area contributed by atoms with Gasteiger partial charge in [-0.05, 0) is 68.1 Å². The SMILES string of the molecule is CC(C1CCCCC1)N1CCN(C(=O)C(Cc2ccc(Cl)cc2)NC(=O)c2cc3ccccc3cn2)CC1.CNSC. The standard InChI is InChI=1S/C31H37ClN4O2.C2H7NS/c1-22(24-7-3-2-4-8-24)35-15-17-36(18-16-35)31(38)29(19-23-11-13-27(32)14-12-23)34-30(37)28-20-25-9-5-6-10-26(25)21-33-28;1-3-4-2/h5-6,9-14,20-22,24,29H,2-4,7-8,15-19H2,1H3,(H,34,37);3H,1-2H3. The summed E-state index contributed by atoms with van der Waals surface area (Å²) in [6.07, 6.45) is 10.8. The van der Waals surface area contributed by atoms with Crippen LogP contribution in [-0.4, -0.2) is 78.2 Å². The number of carbonyl (C=O) groups is 2. The van der Waals surface area contributed by atoms with E-state index < -0.39 is 6.04 Å². The number of hydrogen-bond donors (Lipinski definition) is 2. The number of halogens is 1. The molecule has 2 amide bonds. The summed E-state index contributed by atoms with van der Waals surface area (Å²) in [7, 11) is 1.89. The van der Waals surface area contributed by atoms with Gasteiger partial charge in [-0.1, -0.05) is 79.2 Å². The lowest BCUT2D eigenvalue weighted by Gasteiger charge is -2.42. The Bertz CT molecular complexity index is 1290. The highest BCUT2D eigenvalue weighted by atomic mass is 35.5. The highest BCUT2D eigenvalue weighted by Gasteiger charge is 2.32. The van der Waals surface area contributed by atoms with Crippen molar-refractivity contribution >= 4 is 46.1 Å². The molecule has 2 atom stereocenters. The molecule has 0 radical (unpaired) electrons. The van der Waals surface area contributed by atoms with E-state index >= 15 is 0 Å². The van der Waals surface area contributed by atoms with Crippen molar-refractivity contribution in [3.05, 3.63) is 77.1 Å². The van der Waals surface area contributed by atoms with Crippen LogP contribution in [0, 0.1) is 5.92 Å². The van der Waals surface area contributed by atoms with Crippen LogP contribution in [-0.2, 0) is 11.2 Å². The zero-order chi connectivity index (χ0) is 29.9. The topological polar surface area (TPSA) is 77.6 Å². The number of fused-ring (bicyclic) bond motifs is 1. The molecule has 1 saturated carbocycles. The van der Waals surface area contributed by atoms with Gasteiger partial charge < -0.3 is 10.2 Å². The molecular formula is C33H44ClN5O2S. The number of rotatable bonds is 8. The van der Waals surface area contributed by atoms with Gasteiger partial charge in [0, 0.05) is 55.2 Å². The number of nitrogens with zero attached hydrogens (tertiary/aromatic N) is 3. The summed E-state index contributed by atoms with van der Waals surface area (Å²) in [5, 5.41) is 5.56. The fourth-order valence-corrected chi connectivity index (χ4v) is 6.11. The van der Waals surface area contributed by atoms with Gasteiger partial charge in [0.25, 0.3) is 5.91 Å². The Morgan fingerprint density at radius 1 is 1.00 bits per heavy atom. The van der Waals surface area contributed by atoms with Gasteiger partial charge in [0.1, 0.15) is 11.7 Å². The first kappa shape index (κ1) is 32.3. The minimum atomic E-state index is -0.681. The minimum Gasteiger partial charge on any atom is -0.339 e. The van der Waals surface area contributed by atoms with Gasteiger partial charge in [0.2, 0.25) is 5.91 Å². The van der Waals surface area contributed by atoms with Crippen LogP contribution in [0.3, 0.4) is 0 Å². The predicted octanol–water partition coefficient (Wildman–Crippen LogP) is 5.83. The predicted molar refractivity (Wildman–Crippen MR) is 175 cm³/mol. The van der Waals surface area contributed by atoms with Crippen molar-refractivity contribution in [2.45, 2.75) is 57.5 Å². The Hall–Kier alpha value is -2.65. The number of pyridine rings is 1. The summed E-state index contributed by atoms with van der Waals surface area (Å²) in [6.45, 7) is 5.45. The maximum absolute atomic E-state index is 13.8. The maximum Gasteiger partial charge on any atom is 0.270 e. The van der Waals surface area contributed by atoms with Crippen LogP contribution in [0.1, 0.15) is 55.1 Å². The molecule has 5 rings (SSSR count). The van der Waals surface area contributed by atoms with E-state index in [1.54, 1.807) is 24.2 Å². The van der Waals surface area contributed by atoms with Crippen LogP contribution in [0.15, 0.2) is 60.8 Å². The van der Waals surface area contributed by atoms with Crippen LogP contribution in [0.2, 0.25) is 5.02 Å². The molecule has 1 saturated heterocycles. The number of benzene rings is 2. The van der Waals surface area contributed by atoms with Crippen LogP contribution >= 0.6 is 23.5 Å². The third kappa shape index (κ3) is 8.93. The van der Waals surface area contributed by atoms with E-state index in [0.29, 0.717) is 36.3 Å². The molecule has 2 N–H and O–H groups in total. The van der Waals surface area contributed by atoms with Crippen molar-refractivity contribution in [2.24, 2.45) is 5.92 Å². The summed E-state index contributed by atoms with van der Waals surface area (Å²) in [5.41, 5.74) is 1.26. The minimum absolute atomic E-state index is 0.0425. The first-order chi connectivity index (χ1) is 20.4. The molecule has 1 aromatic heterocycles. The quantitative estimate of drug-likeness (QED) is 0.313. The van der Waals surface area contributed by atoms with Gasteiger partial charge >= 0.3 is 0 Å². The van der Waals surface area contributed by atoms with E-state index in [1.165, 1.54) is 32.1 Å². The molecule has 3 aromatic rings. The van der Waals surface area contributed by atoms with Crippen molar-refractivity contribution in [1.29, 1.82) is 0 Å². The van der Waals surface area contributed by atoms with Crippen LogP contribution < -0.4 is 10.0 Å². The normalized spacial score (nSPS) is 17.7. The highest BCUT2D eigenvalue weighted by Crippen LogP contribution is 2.29. The van der Waals surface area contributed by atoms with Gasteiger partial charge in [-0.15, -0.1) is 0 Å². The maximum atomic E-state index is 13.8. The summed E-state index contributed by atoms with van der Waals surface area (Å²) >= 11 is 7.69. The van der Waals surface area contributed by atoms with Gasteiger partial charge in [0.15, 0.2) is 0 Å². The van der Waals surface area contributed by atoms with Gasteiger partial charge in [-0.3, -0.25) is 24.2 Å². The number of aromatic nitrogens is 1. The molecule has 2 unspecified atom stereocenters. The van der Waals surface area contributed by atoms with Crippen LogP contribution in [0.5, 0.6) is 0 Å². The highest BCUT2D eigenvalue weighted by molar-refractivity contribution is 7.96. The average molecular weight is 610 g/mol. The average Bonchev–Trinajstić information content (AvgIpc) is 3.05. The van der Waals surface area contributed by atoms with Crippen molar-refractivity contribution in [3.63, 3.8) is 0 Å². The Labute approximate surface area is 259 Å². The lowest BCUT2D eigenvalue weighted by atomic mass is 9.84.